The second-order valence-corrected chi connectivity index (χ2v) is 6.89. The molecule has 1 heterocycles. The van der Waals surface area contributed by atoms with E-state index in [4.69, 9.17) is 18.3 Å². The van der Waals surface area contributed by atoms with Gasteiger partial charge < -0.3 is 4.74 Å². The zero-order valence-electron chi connectivity index (χ0n) is 12.7. The van der Waals surface area contributed by atoms with E-state index in [1.807, 2.05) is 60.7 Å². The Hall–Kier alpha value is -1.49. The number of epoxide rings is 1. The first kappa shape index (κ1) is 16.4. The van der Waals surface area contributed by atoms with Crippen LogP contribution >= 0.6 is 7.82 Å². The van der Waals surface area contributed by atoms with E-state index in [-0.39, 0.29) is 25.9 Å². The van der Waals surface area contributed by atoms with E-state index < -0.39 is 7.82 Å². The molecular formula is C17H19O5P. The Labute approximate surface area is 135 Å². The van der Waals surface area contributed by atoms with E-state index in [1.54, 1.807) is 0 Å². The second-order valence-electron chi connectivity index (χ2n) is 5.22. The van der Waals surface area contributed by atoms with Gasteiger partial charge in [-0.2, -0.15) is 0 Å². The minimum absolute atomic E-state index is 0.0102. The average Bonchev–Trinajstić information content (AvgIpc) is 3.43. The van der Waals surface area contributed by atoms with Crippen LogP contribution < -0.4 is 0 Å². The molecule has 1 atom stereocenters. The van der Waals surface area contributed by atoms with Gasteiger partial charge in [-0.1, -0.05) is 60.7 Å². The zero-order chi connectivity index (χ0) is 16.0. The van der Waals surface area contributed by atoms with Gasteiger partial charge in [0.05, 0.1) is 26.4 Å². The summed E-state index contributed by atoms with van der Waals surface area (Å²) in [4.78, 5) is 0. The molecule has 6 heteroatoms. The highest BCUT2D eigenvalue weighted by Gasteiger charge is 2.32. The van der Waals surface area contributed by atoms with Crippen molar-refractivity contribution in [3.05, 3.63) is 71.8 Å². The summed E-state index contributed by atoms with van der Waals surface area (Å²) in [5.74, 6) is 0. The number of rotatable bonds is 9. The second kappa shape index (κ2) is 7.86. The summed E-state index contributed by atoms with van der Waals surface area (Å²) >= 11 is 0. The molecule has 1 fully saturated rings. The lowest BCUT2D eigenvalue weighted by Crippen LogP contribution is -2.05. The van der Waals surface area contributed by atoms with Crippen LogP contribution in [0.2, 0.25) is 0 Å². The van der Waals surface area contributed by atoms with E-state index in [9.17, 15) is 4.57 Å². The SMILES string of the molecule is O=P(OCc1ccccc1)(OCc1ccccc1)OCC1CO1. The maximum absolute atomic E-state index is 12.8. The summed E-state index contributed by atoms with van der Waals surface area (Å²) in [6.07, 6.45) is -0.0102. The lowest BCUT2D eigenvalue weighted by atomic mass is 10.2. The van der Waals surface area contributed by atoms with Crippen LogP contribution in [-0.4, -0.2) is 19.3 Å². The number of hydrogen-bond donors (Lipinski definition) is 0. The Bertz CT molecular complexity index is 595. The van der Waals surface area contributed by atoms with Crippen molar-refractivity contribution >= 4 is 7.82 Å². The Morgan fingerprint density at radius 2 is 1.35 bits per heavy atom. The van der Waals surface area contributed by atoms with Crippen LogP contribution in [0, 0.1) is 0 Å². The quantitative estimate of drug-likeness (QED) is 0.513. The van der Waals surface area contributed by atoms with Crippen molar-refractivity contribution in [1.29, 1.82) is 0 Å². The molecular weight excluding hydrogens is 315 g/mol. The van der Waals surface area contributed by atoms with Gasteiger partial charge in [0.1, 0.15) is 6.10 Å². The zero-order valence-corrected chi connectivity index (χ0v) is 13.6. The molecule has 0 spiro atoms. The van der Waals surface area contributed by atoms with Gasteiger partial charge >= 0.3 is 7.82 Å². The summed E-state index contributed by atoms with van der Waals surface area (Å²) in [7, 11) is -3.64. The smallest absolute Gasteiger partial charge is 0.371 e. The van der Waals surface area contributed by atoms with Gasteiger partial charge in [-0.25, -0.2) is 4.57 Å². The van der Waals surface area contributed by atoms with Crippen LogP contribution in [0.4, 0.5) is 0 Å². The molecule has 0 N–H and O–H groups in total. The molecule has 3 rings (SSSR count). The molecule has 23 heavy (non-hydrogen) atoms. The van der Waals surface area contributed by atoms with Crippen LogP contribution in [0.15, 0.2) is 60.7 Å². The Morgan fingerprint density at radius 3 is 1.78 bits per heavy atom. The third kappa shape index (κ3) is 5.57. The highest BCUT2D eigenvalue weighted by molar-refractivity contribution is 7.48. The number of phosphoric acid groups is 1. The molecule has 0 aromatic heterocycles. The maximum Gasteiger partial charge on any atom is 0.475 e. The van der Waals surface area contributed by atoms with Crippen molar-refractivity contribution in [3.63, 3.8) is 0 Å². The molecule has 1 saturated heterocycles. The molecule has 1 unspecified atom stereocenters. The number of ether oxygens (including phenoxy) is 1. The Morgan fingerprint density at radius 1 is 0.870 bits per heavy atom. The fraction of sp³-hybridized carbons (Fsp3) is 0.294. The first-order valence-corrected chi connectivity index (χ1v) is 8.93. The van der Waals surface area contributed by atoms with E-state index in [0.717, 1.165) is 11.1 Å². The highest BCUT2D eigenvalue weighted by Crippen LogP contribution is 2.51. The molecule has 1 aliphatic heterocycles. The molecule has 2 aromatic carbocycles. The monoisotopic (exact) mass is 334 g/mol. The molecule has 1 aliphatic rings. The molecule has 0 saturated carbocycles. The van der Waals surface area contributed by atoms with Gasteiger partial charge in [-0.3, -0.25) is 13.6 Å². The van der Waals surface area contributed by atoms with Crippen LogP contribution in [-0.2, 0) is 36.1 Å². The van der Waals surface area contributed by atoms with E-state index >= 15 is 0 Å². The third-order valence-electron chi connectivity index (χ3n) is 3.29. The van der Waals surface area contributed by atoms with Crippen molar-refractivity contribution in [1.82, 2.24) is 0 Å². The Kier molecular flexibility index (Phi) is 5.60. The van der Waals surface area contributed by atoms with Gasteiger partial charge in [-0.05, 0) is 11.1 Å². The summed E-state index contributed by atoms with van der Waals surface area (Å²) in [6, 6.07) is 19.0. The molecule has 0 radical (unpaired) electrons. The van der Waals surface area contributed by atoms with E-state index in [0.29, 0.717) is 6.61 Å². The fourth-order valence-corrected chi connectivity index (χ4v) is 3.09. The summed E-state index contributed by atoms with van der Waals surface area (Å²) in [5, 5.41) is 0. The topological polar surface area (TPSA) is 57.3 Å². The number of phosphoric ester groups is 1. The van der Waals surface area contributed by atoms with Gasteiger partial charge in [0, 0.05) is 0 Å². The third-order valence-corrected chi connectivity index (χ3v) is 4.64. The van der Waals surface area contributed by atoms with Crippen molar-refractivity contribution in [2.24, 2.45) is 0 Å². The summed E-state index contributed by atoms with van der Waals surface area (Å²) < 4.78 is 34.2. The first-order valence-electron chi connectivity index (χ1n) is 7.47. The molecule has 0 aliphatic carbocycles. The van der Waals surface area contributed by atoms with Crippen molar-refractivity contribution in [2.75, 3.05) is 13.2 Å². The lowest BCUT2D eigenvalue weighted by molar-refractivity contribution is 0.0970. The lowest BCUT2D eigenvalue weighted by Gasteiger charge is -2.18. The first-order chi connectivity index (χ1) is 11.2. The number of benzene rings is 2. The van der Waals surface area contributed by atoms with Gasteiger partial charge in [0.15, 0.2) is 0 Å². The molecule has 2 aromatic rings. The van der Waals surface area contributed by atoms with Crippen LogP contribution in [0.25, 0.3) is 0 Å². The van der Waals surface area contributed by atoms with Crippen LogP contribution in [0.5, 0.6) is 0 Å². The minimum atomic E-state index is -3.64. The highest BCUT2D eigenvalue weighted by atomic mass is 31.2. The number of hydrogen-bond acceptors (Lipinski definition) is 5. The molecule has 0 amide bonds. The van der Waals surface area contributed by atoms with Gasteiger partial charge in [-0.15, -0.1) is 0 Å². The van der Waals surface area contributed by atoms with Gasteiger partial charge in [0.25, 0.3) is 0 Å². The fourth-order valence-electron chi connectivity index (χ4n) is 1.91. The largest absolute Gasteiger partial charge is 0.475 e. The minimum Gasteiger partial charge on any atom is -0.371 e. The summed E-state index contributed by atoms with van der Waals surface area (Å²) in [6.45, 7) is 1.16. The normalized spacial score (nSPS) is 17.1. The predicted molar refractivity (Wildman–Crippen MR) is 85.8 cm³/mol. The van der Waals surface area contributed by atoms with Crippen LogP contribution in [0.3, 0.4) is 0 Å². The standard InChI is InChI=1S/C17H19O5P/c18-23(22-14-17-13-19-17,20-11-15-7-3-1-4-8-15)21-12-16-9-5-2-6-10-16/h1-10,17H,11-14H2. The van der Waals surface area contributed by atoms with E-state index in [2.05, 4.69) is 0 Å². The Balaban J connectivity index is 1.59. The van der Waals surface area contributed by atoms with Crippen molar-refractivity contribution in [3.8, 4) is 0 Å². The predicted octanol–water partition coefficient (Wildman–Crippen LogP) is 3.94. The summed E-state index contributed by atoms with van der Waals surface area (Å²) in [5.41, 5.74) is 1.81. The van der Waals surface area contributed by atoms with Crippen molar-refractivity contribution in [2.45, 2.75) is 19.3 Å². The molecule has 0 bridgehead atoms. The maximum atomic E-state index is 12.8. The molecule has 5 nitrogen and oxygen atoms in total. The average molecular weight is 334 g/mol. The molecule has 122 valence electrons. The van der Waals surface area contributed by atoms with Crippen molar-refractivity contribution < 1.29 is 22.9 Å². The van der Waals surface area contributed by atoms with Gasteiger partial charge in [0.2, 0.25) is 0 Å². The van der Waals surface area contributed by atoms with E-state index in [1.165, 1.54) is 0 Å². The van der Waals surface area contributed by atoms with Crippen LogP contribution in [0.1, 0.15) is 11.1 Å².